The van der Waals surface area contributed by atoms with Gasteiger partial charge in [0, 0.05) is 38.8 Å². The standard InChI is InChI=1S/C15H26N4O3.2ClH/c1-11-14(16-4-9-22-11)15(21)19-7-5-18(6-8-19)10-13(20)17-12-2-3-12;;/h11-12,14,16H,2-10H2,1H3,(H,17,20);2*1H/t11-,14+;;/m1../s1. The second-order valence-electron chi connectivity index (χ2n) is 6.45. The Morgan fingerprint density at radius 3 is 2.42 bits per heavy atom. The summed E-state index contributed by atoms with van der Waals surface area (Å²) in [5.74, 6) is 0.229. The molecule has 3 fully saturated rings. The summed E-state index contributed by atoms with van der Waals surface area (Å²) >= 11 is 0. The van der Waals surface area contributed by atoms with E-state index >= 15 is 0 Å². The number of hydrogen-bond acceptors (Lipinski definition) is 5. The monoisotopic (exact) mass is 382 g/mol. The summed E-state index contributed by atoms with van der Waals surface area (Å²) in [7, 11) is 0. The molecular formula is C15H28Cl2N4O3. The van der Waals surface area contributed by atoms with E-state index < -0.39 is 0 Å². The first-order valence-electron chi connectivity index (χ1n) is 8.29. The van der Waals surface area contributed by atoms with Crippen molar-refractivity contribution in [3.63, 3.8) is 0 Å². The highest BCUT2D eigenvalue weighted by molar-refractivity contribution is 5.85. The smallest absolute Gasteiger partial charge is 0.242 e. The van der Waals surface area contributed by atoms with Gasteiger partial charge in [0.2, 0.25) is 11.8 Å². The Hall–Kier alpha value is -0.600. The van der Waals surface area contributed by atoms with E-state index in [0.29, 0.717) is 32.3 Å². The number of amides is 2. The van der Waals surface area contributed by atoms with Crippen molar-refractivity contribution >= 4 is 36.6 Å². The van der Waals surface area contributed by atoms with Crippen LogP contribution in [0.15, 0.2) is 0 Å². The van der Waals surface area contributed by atoms with Gasteiger partial charge < -0.3 is 20.3 Å². The first-order chi connectivity index (χ1) is 10.6. The summed E-state index contributed by atoms with van der Waals surface area (Å²) in [5, 5.41) is 6.25. The Balaban J connectivity index is 0.00000144. The zero-order valence-corrected chi connectivity index (χ0v) is 15.7. The maximum absolute atomic E-state index is 12.5. The average Bonchev–Trinajstić information content (AvgIpc) is 3.31. The van der Waals surface area contributed by atoms with Crippen molar-refractivity contribution in [3.05, 3.63) is 0 Å². The molecule has 3 rings (SSSR count). The minimum Gasteiger partial charge on any atom is -0.375 e. The van der Waals surface area contributed by atoms with E-state index in [1.165, 1.54) is 0 Å². The van der Waals surface area contributed by atoms with Gasteiger partial charge in [-0.05, 0) is 19.8 Å². The van der Waals surface area contributed by atoms with Crippen molar-refractivity contribution < 1.29 is 14.3 Å². The molecule has 2 heterocycles. The van der Waals surface area contributed by atoms with Crippen LogP contribution in [0, 0.1) is 0 Å². The normalized spacial score (nSPS) is 27.6. The van der Waals surface area contributed by atoms with E-state index in [1.54, 1.807) is 0 Å². The van der Waals surface area contributed by atoms with Gasteiger partial charge in [-0.1, -0.05) is 0 Å². The van der Waals surface area contributed by atoms with Gasteiger partial charge in [-0.15, -0.1) is 24.8 Å². The lowest BCUT2D eigenvalue weighted by Gasteiger charge is -2.38. The van der Waals surface area contributed by atoms with Gasteiger partial charge in [-0.2, -0.15) is 0 Å². The molecule has 0 bridgehead atoms. The third-order valence-corrected chi connectivity index (χ3v) is 4.58. The maximum atomic E-state index is 12.5. The molecule has 0 unspecified atom stereocenters. The summed E-state index contributed by atoms with van der Waals surface area (Å²) < 4.78 is 5.55. The molecule has 2 N–H and O–H groups in total. The van der Waals surface area contributed by atoms with E-state index in [2.05, 4.69) is 15.5 Å². The quantitative estimate of drug-likeness (QED) is 0.693. The Morgan fingerprint density at radius 2 is 1.83 bits per heavy atom. The van der Waals surface area contributed by atoms with Crippen LogP contribution in [-0.4, -0.2) is 85.7 Å². The lowest BCUT2D eigenvalue weighted by molar-refractivity contribution is -0.141. The van der Waals surface area contributed by atoms with Gasteiger partial charge in [-0.3, -0.25) is 14.5 Å². The molecular weight excluding hydrogens is 355 g/mol. The third-order valence-electron chi connectivity index (χ3n) is 4.58. The molecule has 2 aliphatic heterocycles. The van der Waals surface area contributed by atoms with Gasteiger partial charge in [-0.25, -0.2) is 0 Å². The number of nitrogens with one attached hydrogen (secondary N) is 2. The van der Waals surface area contributed by atoms with Crippen molar-refractivity contribution in [2.45, 2.75) is 38.0 Å². The van der Waals surface area contributed by atoms with Crippen molar-refractivity contribution in [1.82, 2.24) is 20.4 Å². The van der Waals surface area contributed by atoms with Crippen LogP contribution in [0.25, 0.3) is 0 Å². The van der Waals surface area contributed by atoms with Gasteiger partial charge >= 0.3 is 0 Å². The van der Waals surface area contributed by atoms with Crippen molar-refractivity contribution in [3.8, 4) is 0 Å². The number of nitrogens with zero attached hydrogens (tertiary/aromatic N) is 2. The average molecular weight is 383 g/mol. The van der Waals surface area contributed by atoms with Crippen LogP contribution in [0.1, 0.15) is 19.8 Å². The molecule has 1 saturated carbocycles. The third kappa shape index (κ3) is 5.74. The largest absolute Gasteiger partial charge is 0.375 e. The summed E-state index contributed by atoms with van der Waals surface area (Å²) in [6.45, 7) is 6.64. The number of piperazine rings is 1. The molecule has 3 aliphatic rings. The summed E-state index contributed by atoms with van der Waals surface area (Å²) in [4.78, 5) is 28.3. The number of rotatable bonds is 4. The summed E-state index contributed by atoms with van der Waals surface area (Å²) in [5.41, 5.74) is 0. The van der Waals surface area contributed by atoms with E-state index in [0.717, 1.165) is 32.5 Å². The predicted molar refractivity (Wildman–Crippen MR) is 95.9 cm³/mol. The van der Waals surface area contributed by atoms with Crippen LogP contribution in [0.3, 0.4) is 0 Å². The molecule has 140 valence electrons. The minimum absolute atomic E-state index is 0. The van der Waals surface area contributed by atoms with Crippen LogP contribution in [0.4, 0.5) is 0 Å². The Bertz CT molecular complexity index is 429. The Labute approximate surface area is 155 Å². The molecule has 7 nitrogen and oxygen atoms in total. The second-order valence-corrected chi connectivity index (χ2v) is 6.45. The number of carbonyl (C=O) groups is 2. The lowest BCUT2D eigenvalue weighted by Crippen LogP contribution is -2.60. The van der Waals surface area contributed by atoms with Crippen molar-refractivity contribution in [2.75, 3.05) is 45.9 Å². The molecule has 0 aromatic carbocycles. The van der Waals surface area contributed by atoms with Crippen LogP contribution < -0.4 is 10.6 Å². The molecule has 2 amide bonds. The summed E-state index contributed by atoms with van der Waals surface area (Å²) in [6, 6.07) is 0.174. The van der Waals surface area contributed by atoms with Gasteiger partial charge in [0.25, 0.3) is 0 Å². The molecule has 9 heteroatoms. The second kappa shape index (κ2) is 9.77. The highest BCUT2D eigenvalue weighted by Gasteiger charge is 2.33. The molecule has 1 aliphatic carbocycles. The molecule has 0 aromatic heterocycles. The number of carbonyl (C=O) groups excluding carboxylic acids is 2. The number of morpholine rings is 1. The van der Waals surface area contributed by atoms with Crippen LogP contribution in [0.2, 0.25) is 0 Å². The fourth-order valence-electron chi connectivity index (χ4n) is 3.04. The molecule has 2 saturated heterocycles. The molecule has 2 atom stereocenters. The van der Waals surface area contributed by atoms with Gasteiger partial charge in [0.1, 0.15) is 6.04 Å². The van der Waals surface area contributed by atoms with Crippen molar-refractivity contribution in [2.24, 2.45) is 0 Å². The first-order valence-corrected chi connectivity index (χ1v) is 8.29. The Kier molecular flexibility index (Phi) is 8.73. The first kappa shape index (κ1) is 21.4. The number of halogens is 2. The molecule has 0 radical (unpaired) electrons. The maximum Gasteiger partial charge on any atom is 0.242 e. The molecule has 24 heavy (non-hydrogen) atoms. The summed E-state index contributed by atoms with van der Waals surface area (Å²) in [6.07, 6.45) is 2.15. The Morgan fingerprint density at radius 1 is 1.17 bits per heavy atom. The van der Waals surface area contributed by atoms with E-state index in [4.69, 9.17) is 4.74 Å². The predicted octanol–water partition coefficient (Wildman–Crippen LogP) is -0.370. The fourth-order valence-corrected chi connectivity index (χ4v) is 3.04. The van der Waals surface area contributed by atoms with Gasteiger partial charge in [0.15, 0.2) is 0 Å². The van der Waals surface area contributed by atoms with Gasteiger partial charge in [0.05, 0.1) is 19.3 Å². The van der Waals surface area contributed by atoms with Crippen LogP contribution in [-0.2, 0) is 14.3 Å². The fraction of sp³-hybridized carbons (Fsp3) is 0.867. The van der Waals surface area contributed by atoms with Crippen LogP contribution in [0.5, 0.6) is 0 Å². The zero-order chi connectivity index (χ0) is 15.5. The minimum atomic E-state index is -0.238. The number of ether oxygens (including phenoxy) is 1. The van der Waals surface area contributed by atoms with Crippen molar-refractivity contribution in [1.29, 1.82) is 0 Å². The topological polar surface area (TPSA) is 73.9 Å². The highest BCUT2D eigenvalue weighted by atomic mass is 35.5. The molecule has 0 spiro atoms. The van der Waals surface area contributed by atoms with E-state index in [9.17, 15) is 9.59 Å². The lowest BCUT2D eigenvalue weighted by atomic mass is 10.1. The van der Waals surface area contributed by atoms with Crippen LogP contribution >= 0.6 is 24.8 Å². The zero-order valence-electron chi connectivity index (χ0n) is 14.0. The van der Waals surface area contributed by atoms with E-state index in [-0.39, 0.29) is 48.8 Å². The molecule has 0 aromatic rings. The highest BCUT2D eigenvalue weighted by Crippen LogP contribution is 2.18. The number of hydrogen-bond donors (Lipinski definition) is 2. The van der Waals surface area contributed by atoms with E-state index in [1.807, 2.05) is 11.8 Å². The SMILES string of the molecule is C[C@H]1OCCN[C@@H]1C(=O)N1CCN(CC(=O)NC2CC2)CC1.Cl.Cl.